The van der Waals surface area contributed by atoms with Gasteiger partial charge >= 0.3 is 64.3 Å². The molecule has 0 atom stereocenters. The zero-order valence-electron chi connectivity index (χ0n) is 4.70. The Morgan fingerprint density at radius 1 is 1.29 bits per heavy atom. The van der Waals surface area contributed by atoms with Gasteiger partial charge in [0.2, 0.25) is 0 Å². The minimum absolute atomic E-state index is 0. The number of hydrogen-bond donors (Lipinski definition) is 4. The SMILES string of the molecule is O=C(O)O.OO.[H-].[Rb+]. The van der Waals surface area contributed by atoms with E-state index in [9.17, 15) is 0 Å². The van der Waals surface area contributed by atoms with Gasteiger partial charge in [0.05, 0.1) is 0 Å². The quantitative estimate of drug-likeness (QED) is 0.242. The molecule has 0 aromatic heterocycles. The maximum atomic E-state index is 8.56. The maximum absolute atomic E-state index is 8.56. The number of hydrogen-bond acceptors (Lipinski definition) is 3. The molecular weight excluding hydrogens is 177 g/mol. The van der Waals surface area contributed by atoms with Crippen molar-refractivity contribution in [2.24, 2.45) is 0 Å². The van der Waals surface area contributed by atoms with E-state index in [0.29, 0.717) is 0 Å². The van der Waals surface area contributed by atoms with Crippen molar-refractivity contribution in [2.75, 3.05) is 0 Å². The molecule has 0 aliphatic rings. The Labute approximate surface area is 89.8 Å². The molecule has 0 saturated heterocycles. The molecule has 0 amide bonds. The van der Waals surface area contributed by atoms with Crippen molar-refractivity contribution in [1.29, 1.82) is 0 Å². The monoisotopic (exact) mass is 182 g/mol. The van der Waals surface area contributed by atoms with Crippen LogP contribution >= 0.6 is 0 Å². The van der Waals surface area contributed by atoms with Crippen molar-refractivity contribution >= 4 is 6.16 Å². The first-order chi connectivity index (χ1) is 2.73. The van der Waals surface area contributed by atoms with Crippen molar-refractivity contribution < 1.29 is 85.1 Å². The van der Waals surface area contributed by atoms with E-state index in [2.05, 4.69) is 0 Å². The Bertz CT molecular complexity index is 35.4. The fourth-order valence-corrected chi connectivity index (χ4v) is 0. The van der Waals surface area contributed by atoms with Crippen LogP contribution in [0.1, 0.15) is 1.43 Å². The molecule has 0 radical (unpaired) electrons. The summed E-state index contributed by atoms with van der Waals surface area (Å²) in [4.78, 5) is 8.56. The summed E-state index contributed by atoms with van der Waals surface area (Å²) in [6.45, 7) is 0. The topological polar surface area (TPSA) is 98.0 Å². The van der Waals surface area contributed by atoms with Crippen LogP contribution in [0, 0.1) is 0 Å². The van der Waals surface area contributed by atoms with Crippen molar-refractivity contribution in [2.45, 2.75) is 0 Å². The molecule has 0 heterocycles. The predicted molar refractivity (Wildman–Crippen MR) is 17.0 cm³/mol. The molecule has 0 aromatic rings. The van der Waals surface area contributed by atoms with E-state index in [-0.39, 0.29) is 59.6 Å². The Morgan fingerprint density at radius 3 is 1.29 bits per heavy atom. The third kappa shape index (κ3) is 176. The Kier molecular flexibility index (Phi) is 35.3. The second-order valence-electron chi connectivity index (χ2n) is 0.283. The first-order valence-corrected chi connectivity index (χ1v) is 0.851. The molecule has 0 aliphatic heterocycles. The zero-order valence-corrected chi connectivity index (χ0v) is 8.61. The van der Waals surface area contributed by atoms with Crippen molar-refractivity contribution in [3.05, 3.63) is 0 Å². The maximum Gasteiger partial charge on any atom is 1.00 e. The fourth-order valence-electron chi connectivity index (χ4n) is 0. The molecule has 0 saturated carbocycles. The van der Waals surface area contributed by atoms with Gasteiger partial charge in [-0.3, -0.25) is 10.5 Å². The molecular formula is CH5O5Rb. The van der Waals surface area contributed by atoms with Crippen LogP contribution in [0.25, 0.3) is 0 Å². The Hall–Kier alpha value is 0.995. The van der Waals surface area contributed by atoms with E-state index in [1.54, 1.807) is 0 Å². The largest absolute Gasteiger partial charge is 1.00 e. The van der Waals surface area contributed by atoms with E-state index in [4.69, 9.17) is 25.5 Å². The first-order valence-electron chi connectivity index (χ1n) is 0.851. The summed E-state index contributed by atoms with van der Waals surface area (Å²) in [5, 5.41) is 25.9. The molecule has 0 rings (SSSR count). The van der Waals surface area contributed by atoms with Gasteiger partial charge in [-0.15, -0.1) is 0 Å². The molecule has 0 spiro atoms. The van der Waals surface area contributed by atoms with Crippen LogP contribution in [0.4, 0.5) is 4.79 Å². The van der Waals surface area contributed by atoms with Crippen LogP contribution in [0.5, 0.6) is 0 Å². The van der Waals surface area contributed by atoms with Crippen LogP contribution in [-0.2, 0) is 0 Å². The fraction of sp³-hybridized carbons (Fsp3) is 0. The molecule has 0 fully saturated rings. The van der Waals surface area contributed by atoms with Crippen LogP contribution in [-0.4, -0.2) is 26.9 Å². The summed E-state index contributed by atoms with van der Waals surface area (Å²) in [7, 11) is 0. The average Bonchev–Trinajstić information content (AvgIpc) is 1.41. The summed E-state index contributed by atoms with van der Waals surface area (Å²) >= 11 is 0. The van der Waals surface area contributed by atoms with E-state index < -0.39 is 6.16 Å². The van der Waals surface area contributed by atoms with Gasteiger partial charge in [0.25, 0.3) is 0 Å². The van der Waals surface area contributed by atoms with E-state index in [1.165, 1.54) is 0 Å². The normalized spacial score (nSPS) is 4.29. The molecule has 6 heteroatoms. The third-order valence-corrected chi connectivity index (χ3v) is 0. The van der Waals surface area contributed by atoms with Crippen LogP contribution in [0.2, 0.25) is 0 Å². The second kappa shape index (κ2) is 15.8. The van der Waals surface area contributed by atoms with E-state index in [0.717, 1.165) is 0 Å². The molecule has 0 aliphatic carbocycles. The summed E-state index contributed by atoms with van der Waals surface area (Å²) in [5.41, 5.74) is 0. The molecule has 0 unspecified atom stereocenters. The van der Waals surface area contributed by atoms with Gasteiger partial charge < -0.3 is 11.6 Å². The number of carbonyl (C=O) groups is 1. The van der Waals surface area contributed by atoms with Gasteiger partial charge in [0, 0.05) is 0 Å². The van der Waals surface area contributed by atoms with Crippen molar-refractivity contribution in [3.8, 4) is 0 Å². The molecule has 4 N–H and O–H groups in total. The molecule has 0 bridgehead atoms. The zero-order chi connectivity index (χ0) is 5.58. The summed E-state index contributed by atoms with van der Waals surface area (Å²) in [6, 6.07) is 0. The minimum Gasteiger partial charge on any atom is -1.00 e. The summed E-state index contributed by atoms with van der Waals surface area (Å²) < 4.78 is 0. The van der Waals surface area contributed by atoms with Crippen LogP contribution in [0.15, 0.2) is 0 Å². The smallest absolute Gasteiger partial charge is 1.00 e. The predicted octanol–water partition coefficient (Wildman–Crippen LogP) is -2.64. The van der Waals surface area contributed by atoms with Gasteiger partial charge in [0.15, 0.2) is 0 Å². The number of carboxylic acid groups (broad SMARTS) is 2. The van der Waals surface area contributed by atoms with Gasteiger partial charge in [-0.2, -0.15) is 0 Å². The molecule has 7 heavy (non-hydrogen) atoms. The van der Waals surface area contributed by atoms with Crippen molar-refractivity contribution in [3.63, 3.8) is 0 Å². The standard InChI is InChI=1S/CH2O3.H2O2.Rb.H/c2-1(3)4;1-2;;/h(H2,2,3,4);1-2H;;/q;;+1;-1. The minimum atomic E-state index is -1.83. The van der Waals surface area contributed by atoms with Gasteiger partial charge in [-0.05, 0) is 0 Å². The Balaban J connectivity index is -0.0000000183. The van der Waals surface area contributed by atoms with Crippen molar-refractivity contribution in [1.82, 2.24) is 0 Å². The average molecular weight is 183 g/mol. The second-order valence-corrected chi connectivity index (χ2v) is 0.283. The van der Waals surface area contributed by atoms with Crippen LogP contribution in [0.3, 0.4) is 0 Å². The molecule has 40 valence electrons. The molecule has 5 nitrogen and oxygen atoms in total. The van der Waals surface area contributed by atoms with Gasteiger partial charge in [-0.25, -0.2) is 4.79 Å². The summed E-state index contributed by atoms with van der Waals surface area (Å²) in [5.74, 6) is 0. The van der Waals surface area contributed by atoms with Gasteiger partial charge in [0.1, 0.15) is 0 Å². The number of rotatable bonds is 0. The van der Waals surface area contributed by atoms with Gasteiger partial charge in [-0.1, -0.05) is 0 Å². The molecule has 0 aromatic carbocycles. The van der Waals surface area contributed by atoms with E-state index >= 15 is 0 Å². The summed E-state index contributed by atoms with van der Waals surface area (Å²) in [6.07, 6.45) is -1.83. The van der Waals surface area contributed by atoms with E-state index in [1.807, 2.05) is 0 Å². The Morgan fingerprint density at radius 2 is 1.29 bits per heavy atom. The third-order valence-electron chi connectivity index (χ3n) is 0. The first kappa shape index (κ1) is 15.7. The van der Waals surface area contributed by atoms with Crippen LogP contribution < -0.4 is 58.2 Å².